The zero-order chi connectivity index (χ0) is 9.14. The van der Waals surface area contributed by atoms with Crippen LogP contribution in [0.4, 0.5) is 0 Å². The number of hydrogen-bond acceptors (Lipinski definition) is 3. The maximum atomic E-state index is 10.5. The van der Waals surface area contributed by atoms with Crippen molar-refractivity contribution in [2.75, 3.05) is 0 Å². The Morgan fingerprint density at radius 3 is 2.50 bits per heavy atom. The number of carboxylic acid groups (broad SMARTS) is 1. The van der Waals surface area contributed by atoms with Crippen LogP contribution in [-0.4, -0.2) is 21.3 Å². The lowest BCUT2D eigenvalue weighted by atomic mass is 10.1. The summed E-state index contributed by atoms with van der Waals surface area (Å²) >= 11 is 0. The van der Waals surface area contributed by atoms with Gasteiger partial charge < -0.3 is 15.3 Å². The van der Waals surface area contributed by atoms with Gasteiger partial charge in [0.25, 0.3) is 0 Å². The van der Waals surface area contributed by atoms with Gasteiger partial charge in [-0.1, -0.05) is 12.1 Å². The zero-order valence-electron chi connectivity index (χ0n) is 6.19. The minimum absolute atomic E-state index is 0.211. The third kappa shape index (κ3) is 1.38. The summed E-state index contributed by atoms with van der Waals surface area (Å²) in [6.07, 6.45) is 0. The first kappa shape index (κ1) is 8.55. The Morgan fingerprint density at radius 2 is 2.08 bits per heavy atom. The summed E-state index contributed by atoms with van der Waals surface area (Å²) in [4.78, 5) is 10.5. The van der Waals surface area contributed by atoms with E-state index >= 15 is 0 Å². The maximum absolute atomic E-state index is 10.5. The second-order valence-electron chi connectivity index (χ2n) is 2.27. The normalized spacial score (nSPS) is 9.75. The molecule has 0 aromatic heterocycles. The molecule has 0 amide bonds. The summed E-state index contributed by atoms with van der Waals surface area (Å²) < 4.78 is 0. The van der Waals surface area contributed by atoms with Gasteiger partial charge in [0.15, 0.2) is 0 Å². The van der Waals surface area contributed by atoms with Gasteiger partial charge in [-0.15, -0.1) is 0 Å². The fourth-order valence-corrected chi connectivity index (χ4v) is 0.965. The summed E-state index contributed by atoms with van der Waals surface area (Å²) in [6, 6.07) is 4.19. The number of aromatic carboxylic acids is 1. The second kappa shape index (κ2) is 3.23. The first-order valence-corrected chi connectivity index (χ1v) is 3.32. The van der Waals surface area contributed by atoms with E-state index in [4.69, 9.17) is 15.3 Å². The lowest BCUT2D eigenvalue weighted by molar-refractivity contribution is 0.0690. The van der Waals surface area contributed by atoms with Crippen LogP contribution in [0.25, 0.3) is 0 Å². The molecule has 1 rings (SSSR count). The van der Waals surface area contributed by atoms with Gasteiger partial charge in [0, 0.05) is 0 Å². The molecule has 0 radical (unpaired) electrons. The van der Waals surface area contributed by atoms with E-state index in [0.29, 0.717) is 0 Å². The number of hydrogen-bond donors (Lipinski definition) is 3. The summed E-state index contributed by atoms with van der Waals surface area (Å²) in [5.74, 6) is -1.56. The number of carbonyl (C=O) groups is 1. The van der Waals surface area contributed by atoms with Crippen molar-refractivity contribution in [2.45, 2.75) is 6.61 Å². The standard InChI is InChI=1S/C8H8O4/c9-4-5-2-1-3-6(10)7(5)8(11)12/h1-3,9-10H,4H2,(H,11,12). The SMILES string of the molecule is O=C(O)c1c(O)cccc1CO. The Hall–Kier alpha value is -1.55. The third-order valence-corrected chi connectivity index (χ3v) is 1.51. The van der Waals surface area contributed by atoms with Gasteiger partial charge in [0.05, 0.1) is 6.61 Å². The topological polar surface area (TPSA) is 77.8 Å². The van der Waals surface area contributed by atoms with Gasteiger partial charge >= 0.3 is 5.97 Å². The molecule has 0 aliphatic rings. The molecule has 0 unspecified atom stereocenters. The highest BCUT2D eigenvalue weighted by molar-refractivity contribution is 5.92. The lowest BCUT2D eigenvalue weighted by Crippen LogP contribution is -2.02. The van der Waals surface area contributed by atoms with Gasteiger partial charge in [0.2, 0.25) is 0 Å². The van der Waals surface area contributed by atoms with E-state index in [-0.39, 0.29) is 16.9 Å². The molecule has 0 bridgehead atoms. The van der Waals surface area contributed by atoms with Crippen LogP contribution in [0, 0.1) is 0 Å². The van der Waals surface area contributed by atoms with Crippen LogP contribution in [0.1, 0.15) is 15.9 Å². The van der Waals surface area contributed by atoms with Crippen LogP contribution >= 0.6 is 0 Å². The summed E-state index contributed by atoms with van der Waals surface area (Å²) in [7, 11) is 0. The fraction of sp³-hybridized carbons (Fsp3) is 0.125. The zero-order valence-corrected chi connectivity index (χ0v) is 6.19. The second-order valence-corrected chi connectivity index (χ2v) is 2.27. The van der Waals surface area contributed by atoms with Gasteiger partial charge in [-0.25, -0.2) is 4.79 Å². The molecule has 0 saturated heterocycles. The van der Waals surface area contributed by atoms with Gasteiger partial charge in [-0.05, 0) is 11.6 Å². The largest absolute Gasteiger partial charge is 0.507 e. The van der Waals surface area contributed by atoms with Crippen molar-refractivity contribution >= 4 is 5.97 Å². The van der Waals surface area contributed by atoms with Gasteiger partial charge in [0.1, 0.15) is 11.3 Å². The van der Waals surface area contributed by atoms with Crippen molar-refractivity contribution in [2.24, 2.45) is 0 Å². The minimum Gasteiger partial charge on any atom is -0.507 e. The number of aromatic hydroxyl groups is 1. The number of carboxylic acids is 1. The van der Waals surface area contributed by atoms with E-state index in [1.165, 1.54) is 18.2 Å². The molecule has 0 saturated carbocycles. The molecular weight excluding hydrogens is 160 g/mol. The Labute approximate surface area is 68.7 Å². The van der Waals surface area contributed by atoms with Crippen molar-refractivity contribution in [3.05, 3.63) is 29.3 Å². The molecule has 4 heteroatoms. The molecule has 3 N–H and O–H groups in total. The maximum Gasteiger partial charge on any atom is 0.339 e. The minimum atomic E-state index is -1.24. The Balaban J connectivity index is 3.29. The predicted molar refractivity (Wildman–Crippen MR) is 41.0 cm³/mol. The summed E-state index contributed by atoms with van der Waals surface area (Å²) in [5.41, 5.74) is -0.0255. The predicted octanol–water partition coefficient (Wildman–Crippen LogP) is 0.583. The van der Waals surface area contributed by atoms with Crippen LogP contribution in [0.2, 0.25) is 0 Å². The Kier molecular flexibility index (Phi) is 2.30. The number of rotatable bonds is 2. The van der Waals surface area contributed by atoms with Crippen LogP contribution < -0.4 is 0 Å². The first-order valence-electron chi connectivity index (χ1n) is 3.32. The van der Waals surface area contributed by atoms with Crippen LogP contribution in [0.3, 0.4) is 0 Å². The van der Waals surface area contributed by atoms with E-state index in [9.17, 15) is 4.79 Å². The molecule has 4 nitrogen and oxygen atoms in total. The van der Waals surface area contributed by atoms with Gasteiger partial charge in [-0.2, -0.15) is 0 Å². The average Bonchev–Trinajstić information content (AvgIpc) is 2.03. The van der Waals surface area contributed by atoms with Crippen molar-refractivity contribution in [3.8, 4) is 5.75 Å². The number of benzene rings is 1. The molecule has 1 aromatic carbocycles. The molecule has 0 atom stereocenters. The Morgan fingerprint density at radius 1 is 1.42 bits per heavy atom. The molecule has 12 heavy (non-hydrogen) atoms. The molecule has 0 aliphatic carbocycles. The van der Waals surface area contributed by atoms with E-state index in [2.05, 4.69) is 0 Å². The molecular formula is C8H8O4. The Bertz CT molecular complexity index is 306. The number of aliphatic hydroxyl groups is 1. The van der Waals surface area contributed by atoms with Crippen molar-refractivity contribution < 1.29 is 20.1 Å². The molecule has 0 spiro atoms. The molecule has 1 aromatic rings. The van der Waals surface area contributed by atoms with E-state index in [1.54, 1.807) is 0 Å². The van der Waals surface area contributed by atoms with Crippen molar-refractivity contribution in [1.82, 2.24) is 0 Å². The summed E-state index contributed by atoms with van der Waals surface area (Å²) in [6.45, 7) is -0.393. The third-order valence-electron chi connectivity index (χ3n) is 1.51. The smallest absolute Gasteiger partial charge is 0.339 e. The first-order chi connectivity index (χ1) is 5.66. The molecule has 0 aliphatic heterocycles. The quantitative estimate of drug-likeness (QED) is 0.603. The highest BCUT2D eigenvalue weighted by Crippen LogP contribution is 2.20. The van der Waals surface area contributed by atoms with E-state index in [0.717, 1.165) is 0 Å². The molecule has 0 fully saturated rings. The van der Waals surface area contributed by atoms with E-state index in [1.807, 2.05) is 0 Å². The molecule has 64 valence electrons. The van der Waals surface area contributed by atoms with Crippen LogP contribution in [0.15, 0.2) is 18.2 Å². The van der Waals surface area contributed by atoms with E-state index < -0.39 is 12.6 Å². The average molecular weight is 168 g/mol. The highest BCUT2D eigenvalue weighted by atomic mass is 16.4. The van der Waals surface area contributed by atoms with Crippen LogP contribution in [-0.2, 0) is 6.61 Å². The van der Waals surface area contributed by atoms with Crippen LogP contribution in [0.5, 0.6) is 5.75 Å². The summed E-state index contributed by atoms with van der Waals surface area (Å²) in [5, 5.41) is 26.4. The fourth-order valence-electron chi connectivity index (χ4n) is 0.965. The van der Waals surface area contributed by atoms with Crippen molar-refractivity contribution in [3.63, 3.8) is 0 Å². The monoisotopic (exact) mass is 168 g/mol. The molecule has 0 heterocycles. The number of aliphatic hydroxyl groups excluding tert-OH is 1. The van der Waals surface area contributed by atoms with Crippen molar-refractivity contribution in [1.29, 1.82) is 0 Å². The van der Waals surface area contributed by atoms with Gasteiger partial charge in [-0.3, -0.25) is 0 Å². The lowest BCUT2D eigenvalue weighted by Gasteiger charge is -2.03. The number of phenols is 1. The highest BCUT2D eigenvalue weighted by Gasteiger charge is 2.13.